The predicted molar refractivity (Wildman–Crippen MR) is 67.6 cm³/mol. The van der Waals surface area contributed by atoms with E-state index in [4.69, 9.17) is 16.3 Å². The van der Waals surface area contributed by atoms with Crippen molar-refractivity contribution in [1.82, 2.24) is 0 Å². The van der Waals surface area contributed by atoms with Gasteiger partial charge in [0.2, 0.25) is 5.78 Å². The van der Waals surface area contributed by atoms with Gasteiger partial charge in [-0.3, -0.25) is 4.79 Å². The van der Waals surface area contributed by atoms with E-state index < -0.39 is 24.0 Å². The van der Waals surface area contributed by atoms with Crippen LogP contribution < -0.4 is 4.74 Å². The molecule has 0 N–H and O–H groups in total. The maximum absolute atomic E-state index is 13.4. The van der Waals surface area contributed by atoms with Crippen molar-refractivity contribution in [3.63, 3.8) is 0 Å². The lowest BCUT2D eigenvalue weighted by molar-refractivity contribution is 0.0915. The van der Waals surface area contributed by atoms with Crippen molar-refractivity contribution < 1.29 is 18.3 Å². The third kappa shape index (κ3) is 3.09. The van der Waals surface area contributed by atoms with Crippen molar-refractivity contribution in [2.75, 3.05) is 6.61 Å². The van der Waals surface area contributed by atoms with Crippen molar-refractivity contribution in [3.05, 3.63) is 64.7 Å². The van der Waals surface area contributed by atoms with Crippen molar-refractivity contribution >= 4 is 17.4 Å². The van der Waals surface area contributed by atoms with Crippen LogP contribution in [0, 0.1) is 11.6 Å². The summed E-state index contributed by atoms with van der Waals surface area (Å²) >= 11 is 5.74. The van der Waals surface area contributed by atoms with Crippen LogP contribution in [-0.2, 0) is 0 Å². The number of carbonyl (C=O) groups excluding carboxylic acids is 1. The molecule has 0 aliphatic carbocycles. The Morgan fingerprint density at radius 1 is 1.05 bits per heavy atom. The Balaban J connectivity index is 2.11. The summed E-state index contributed by atoms with van der Waals surface area (Å²) < 4.78 is 31.8. The van der Waals surface area contributed by atoms with Crippen LogP contribution in [0.4, 0.5) is 8.78 Å². The Morgan fingerprint density at radius 2 is 1.74 bits per heavy atom. The highest BCUT2D eigenvalue weighted by Crippen LogP contribution is 2.27. The highest BCUT2D eigenvalue weighted by molar-refractivity contribution is 6.32. The van der Waals surface area contributed by atoms with Gasteiger partial charge in [0.15, 0.2) is 18.2 Å². The van der Waals surface area contributed by atoms with E-state index in [1.54, 1.807) is 0 Å². The third-order valence-corrected chi connectivity index (χ3v) is 2.74. The first-order valence-corrected chi connectivity index (χ1v) is 5.82. The lowest BCUT2D eigenvalue weighted by Gasteiger charge is -2.08. The number of Topliss-reactive ketones (excluding diaryl/α,β-unsaturated/α-hetero) is 1. The van der Waals surface area contributed by atoms with Crippen LogP contribution in [0.25, 0.3) is 0 Å². The molecule has 0 saturated heterocycles. The quantitative estimate of drug-likeness (QED) is 0.796. The predicted octanol–water partition coefficient (Wildman–Crippen LogP) is 3.88. The number of halogens is 3. The van der Waals surface area contributed by atoms with Crippen LogP contribution in [0.3, 0.4) is 0 Å². The average molecular weight is 283 g/mol. The molecule has 0 aliphatic heterocycles. The maximum atomic E-state index is 13.4. The number of ether oxygens (including phenoxy) is 1. The Hall–Kier alpha value is -1.94. The highest BCUT2D eigenvalue weighted by atomic mass is 35.5. The van der Waals surface area contributed by atoms with Crippen LogP contribution >= 0.6 is 11.6 Å². The summed E-state index contributed by atoms with van der Waals surface area (Å²) in [6, 6.07) is 9.53. The first kappa shape index (κ1) is 13.5. The van der Waals surface area contributed by atoms with Crippen LogP contribution in [0.2, 0.25) is 5.02 Å². The average Bonchev–Trinajstić information content (AvgIpc) is 2.38. The molecule has 2 aromatic carbocycles. The molecule has 2 rings (SSSR count). The number of benzene rings is 2. The topological polar surface area (TPSA) is 26.3 Å². The van der Waals surface area contributed by atoms with Crippen LogP contribution in [0.1, 0.15) is 10.4 Å². The second kappa shape index (κ2) is 5.80. The van der Waals surface area contributed by atoms with E-state index in [2.05, 4.69) is 0 Å². The molecule has 0 aliphatic rings. The maximum Gasteiger partial charge on any atom is 0.203 e. The lowest BCUT2D eigenvalue weighted by atomic mass is 10.1. The van der Waals surface area contributed by atoms with Crippen LogP contribution in [0.5, 0.6) is 5.75 Å². The molecule has 0 aromatic heterocycles. The molecule has 0 radical (unpaired) electrons. The first-order chi connectivity index (χ1) is 9.09. The summed E-state index contributed by atoms with van der Waals surface area (Å²) in [6.07, 6.45) is 0. The fourth-order valence-electron chi connectivity index (χ4n) is 1.52. The molecule has 0 heterocycles. The van der Waals surface area contributed by atoms with Gasteiger partial charge in [-0.2, -0.15) is 0 Å². The number of para-hydroxylation sites is 1. The summed E-state index contributed by atoms with van der Waals surface area (Å²) in [5.41, 5.74) is -0.102. The Bertz CT molecular complexity index is 594. The zero-order valence-electron chi connectivity index (χ0n) is 9.70. The second-order valence-corrected chi connectivity index (χ2v) is 4.15. The summed E-state index contributed by atoms with van der Waals surface area (Å²) in [5, 5.41) is 0.0568. The van der Waals surface area contributed by atoms with Crippen LogP contribution in [0.15, 0.2) is 42.5 Å². The van der Waals surface area contributed by atoms with Crippen molar-refractivity contribution in [3.8, 4) is 5.75 Å². The Labute approximate surface area is 113 Å². The van der Waals surface area contributed by atoms with Gasteiger partial charge in [0, 0.05) is 0 Å². The number of hydrogen-bond donors (Lipinski definition) is 0. The fourth-order valence-corrected chi connectivity index (χ4v) is 1.74. The summed E-state index contributed by atoms with van der Waals surface area (Å²) in [4.78, 5) is 11.7. The zero-order chi connectivity index (χ0) is 13.8. The lowest BCUT2D eigenvalue weighted by Crippen LogP contribution is -2.13. The molecule has 0 amide bonds. The van der Waals surface area contributed by atoms with Gasteiger partial charge in [0.1, 0.15) is 5.82 Å². The van der Waals surface area contributed by atoms with Gasteiger partial charge in [-0.15, -0.1) is 0 Å². The first-order valence-electron chi connectivity index (χ1n) is 5.44. The van der Waals surface area contributed by atoms with E-state index in [1.165, 1.54) is 36.4 Å². The van der Waals surface area contributed by atoms with Crippen LogP contribution in [-0.4, -0.2) is 12.4 Å². The summed E-state index contributed by atoms with van der Waals surface area (Å²) in [6.45, 7) is -0.485. The molecular weight excluding hydrogens is 274 g/mol. The highest BCUT2D eigenvalue weighted by Gasteiger charge is 2.14. The van der Waals surface area contributed by atoms with Gasteiger partial charge in [-0.05, 0) is 24.3 Å². The SMILES string of the molecule is O=C(COc1c(F)cccc1Cl)c1ccccc1F. The molecular formula is C14H9ClF2O2. The van der Waals surface area contributed by atoms with Crippen molar-refractivity contribution in [2.45, 2.75) is 0 Å². The smallest absolute Gasteiger partial charge is 0.203 e. The van der Waals surface area contributed by atoms with Gasteiger partial charge in [-0.25, -0.2) is 8.78 Å². The van der Waals surface area contributed by atoms with Crippen molar-refractivity contribution in [2.24, 2.45) is 0 Å². The minimum Gasteiger partial charge on any atom is -0.481 e. The minimum absolute atomic E-state index is 0.0568. The van der Waals surface area contributed by atoms with E-state index in [-0.39, 0.29) is 16.3 Å². The Kier molecular flexibility index (Phi) is 4.12. The van der Waals surface area contributed by atoms with Gasteiger partial charge in [0.05, 0.1) is 10.6 Å². The van der Waals surface area contributed by atoms with E-state index in [9.17, 15) is 13.6 Å². The Morgan fingerprint density at radius 3 is 2.42 bits per heavy atom. The minimum atomic E-state index is -0.672. The third-order valence-electron chi connectivity index (χ3n) is 2.44. The molecule has 2 nitrogen and oxygen atoms in total. The zero-order valence-corrected chi connectivity index (χ0v) is 10.5. The molecule has 19 heavy (non-hydrogen) atoms. The van der Waals surface area contributed by atoms with Gasteiger partial charge in [-0.1, -0.05) is 29.8 Å². The summed E-state index contributed by atoms with van der Waals surface area (Å²) in [7, 11) is 0. The van der Waals surface area contributed by atoms with Gasteiger partial charge >= 0.3 is 0 Å². The number of hydrogen-bond acceptors (Lipinski definition) is 2. The molecule has 0 atom stereocenters. The van der Waals surface area contributed by atoms with Gasteiger partial charge < -0.3 is 4.74 Å². The van der Waals surface area contributed by atoms with E-state index >= 15 is 0 Å². The number of ketones is 1. The normalized spacial score (nSPS) is 10.3. The van der Waals surface area contributed by atoms with E-state index in [1.807, 2.05) is 0 Å². The monoisotopic (exact) mass is 282 g/mol. The van der Waals surface area contributed by atoms with Gasteiger partial charge in [0.25, 0.3) is 0 Å². The molecule has 0 fully saturated rings. The second-order valence-electron chi connectivity index (χ2n) is 3.74. The molecule has 0 bridgehead atoms. The summed E-state index contributed by atoms with van der Waals surface area (Å²) in [5.74, 6) is -2.11. The number of rotatable bonds is 4. The molecule has 5 heteroatoms. The van der Waals surface area contributed by atoms with E-state index in [0.717, 1.165) is 6.07 Å². The number of carbonyl (C=O) groups is 1. The molecule has 0 spiro atoms. The largest absolute Gasteiger partial charge is 0.481 e. The fraction of sp³-hybridized carbons (Fsp3) is 0.0714. The molecule has 2 aromatic rings. The standard InChI is InChI=1S/C14H9ClF2O2/c15-10-5-3-7-12(17)14(10)19-8-13(18)9-4-1-2-6-11(9)16/h1-7H,8H2. The molecule has 0 unspecified atom stereocenters. The van der Waals surface area contributed by atoms with E-state index in [0.29, 0.717) is 0 Å². The molecule has 0 saturated carbocycles. The van der Waals surface area contributed by atoms with Crippen molar-refractivity contribution in [1.29, 1.82) is 0 Å². The molecule has 98 valence electrons.